The molecular weight excluding hydrogens is 312 g/mol. The second kappa shape index (κ2) is 5.34. The molecule has 5 rings (SSSR count). The molecule has 0 N–H and O–H groups in total. The molecule has 1 aromatic rings. The van der Waals surface area contributed by atoms with E-state index >= 15 is 0 Å². The monoisotopic (exact) mass is 338 g/mol. The molecule has 3 aliphatic heterocycles. The summed E-state index contributed by atoms with van der Waals surface area (Å²) in [4.78, 5) is 17.2. The largest absolute Gasteiger partial charge is 0.452 e. The first-order valence-electron chi connectivity index (χ1n) is 9.63. The van der Waals surface area contributed by atoms with E-state index in [-0.39, 0.29) is 11.5 Å². The minimum Gasteiger partial charge on any atom is -0.452 e. The first kappa shape index (κ1) is 15.4. The van der Waals surface area contributed by atoms with Crippen molar-refractivity contribution in [3.63, 3.8) is 0 Å². The standard InChI is InChI=1S/C21H26N2O2/c1-3-14-12-15-8-9-18-21(10-11-22(13-14)19(15)21)16-6-4-5-7-17(16)23(18)20(24)25-2/h4-7,9,14-15,19H,3,8,10-13H2,1-2H3/t14-,15+,19+,21+/m0/s1. The van der Waals surface area contributed by atoms with E-state index < -0.39 is 0 Å². The van der Waals surface area contributed by atoms with Crippen LogP contribution in [-0.4, -0.2) is 37.2 Å². The number of nitrogens with zero attached hydrogens (tertiary/aromatic N) is 2. The molecule has 1 spiro atoms. The molecule has 4 heteroatoms. The first-order chi connectivity index (χ1) is 12.2. The summed E-state index contributed by atoms with van der Waals surface area (Å²) in [5.74, 6) is 1.52. The molecule has 2 saturated heterocycles. The molecule has 4 atom stereocenters. The number of hydrogen-bond donors (Lipinski definition) is 0. The Labute approximate surface area is 149 Å². The van der Waals surface area contributed by atoms with Gasteiger partial charge in [-0.1, -0.05) is 37.6 Å². The molecule has 132 valence electrons. The van der Waals surface area contributed by atoms with Crippen molar-refractivity contribution in [2.45, 2.75) is 44.1 Å². The average molecular weight is 338 g/mol. The van der Waals surface area contributed by atoms with Gasteiger partial charge in [-0.05, 0) is 49.3 Å². The van der Waals surface area contributed by atoms with Gasteiger partial charge < -0.3 is 4.74 Å². The van der Waals surface area contributed by atoms with Crippen LogP contribution in [0.1, 0.15) is 38.2 Å². The lowest BCUT2D eigenvalue weighted by atomic mass is 9.62. The fourth-order valence-electron chi connectivity index (χ4n) is 6.22. The highest BCUT2D eigenvalue weighted by atomic mass is 16.5. The summed E-state index contributed by atoms with van der Waals surface area (Å²) in [5, 5.41) is 0. The van der Waals surface area contributed by atoms with Crippen molar-refractivity contribution in [1.29, 1.82) is 0 Å². The number of para-hydroxylation sites is 1. The smallest absolute Gasteiger partial charge is 0.418 e. The Morgan fingerprint density at radius 2 is 2.20 bits per heavy atom. The maximum absolute atomic E-state index is 12.6. The number of hydrogen-bond acceptors (Lipinski definition) is 3. The topological polar surface area (TPSA) is 32.8 Å². The molecular formula is C21H26N2O2. The summed E-state index contributed by atoms with van der Waals surface area (Å²) < 4.78 is 5.15. The van der Waals surface area contributed by atoms with Gasteiger partial charge in [0.15, 0.2) is 0 Å². The first-order valence-corrected chi connectivity index (χ1v) is 9.63. The highest BCUT2D eigenvalue weighted by molar-refractivity contribution is 5.97. The van der Waals surface area contributed by atoms with Gasteiger partial charge in [0.05, 0.1) is 18.2 Å². The van der Waals surface area contributed by atoms with Gasteiger partial charge in [0.1, 0.15) is 0 Å². The number of rotatable bonds is 1. The van der Waals surface area contributed by atoms with Crippen molar-refractivity contribution < 1.29 is 9.53 Å². The van der Waals surface area contributed by atoms with Gasteiger partial charge in [0.2, 0.25) is 0 Å². The highest BCUT2D eigenvalue weighted by Gasteiger charge is 2.62. The van der Waals surface area contributed by atoms with Crippen LogP contribution in [0, 0.1) is 11.8 Å². The Morgan fingerprint density at radius 1 is 1.36 bits per heavy atom. The summed E-state index contributed by atoms with van der Waals surface area (Å²) in [6, 6.07) is 9.00. The van der Waals surface area contributed by atoms with E-state index in [1.54, 1.807) is 0 Å². The van der Waals surface area contributed by atoms with Crippen molar-refractivity contribution in [1.82, 2.24) is 4.90 Å². The second-order valence-corrected chi connectivity index (χ2v) is 8.08. The third kappa shape index (κ3) is 1.84. The van der Waals surface area contributed by atoms with Crippen molar-refractivity contribution in [3.05, 3.63) is 41.6 Å². The van der Waals surface area contributed by atoms with Crippen LogP contribution >= 0.6 is 0 Å². The summed E-state index contributed by atoms with van der Waals surface area (Å²) in [6.45, 7) is 4.68. The SMILES string of the molecule is CC[C@H]1C[C@H]2CC=C3N(C(=O)OC)c4ccccc4[C@]34CCN(C1)[C@H]24. The zero-order valence-corrected chi connectivity index (χ0v) is 15.1. The fraction of sp³-hybridized carbons (Fsp3) is 0.571. The van der Waals surface area contributed by atoms with E-state index in [1.165, 1.54) is 37.8 Å². The molecule has 0 aromatic heterocycles. The molecule has 0 bridgehead atoms. The van der Waals surface area contributed by atoms with Gasteiger partial charge in [0.25, 0.3) is 0 Å². The quantitative estimate of drug-likeness (QED) is 0.778. The van der Waals surface area contributed by atoms with Crippen LogP contribution in [0.2, 0.25) is 0 Å². The minimum absolute atomic E-state index is 0.0214. The number of ether oxygens (including phenoxy) is 1. The van der Waals surface area contributed by atoms with Crippen LogP contribution in [0.15, 0.2) is 36.0 Å². The Balaban J connectivity index is 1.69. The van der Waals surface area contributed by atoms with Gasteiger partial charge >= 0.3 is 6.09 Å². The number of fused-ring (bicyclic) bond motifs is 1. The van der Waals surface area contributed by atoms with E-state index in [0.29, 0.717) is 12.0 Å². The highest BCUT2D eigenvalue weighted by Crippen LogP contribution is 2.61. The molecule has 1 aromatic carbocycles. The van der Waals surface area contributed by atoms with Gasteiger partial charge in [-0.3, -0.25) is 4.90 Å². The zero-order chi connectivity index (χ0) is 17.2. The van der Waals surface area contributed by atoms with E-state index in [9.17, 15) is 4.79 Å². The van der Waals surface area contributed by atoms with Crippen molar-refractivity contribution >= 4 is 11.8 Å². The van der Waals surface area contributed by atoms with Crippen LogP contribution in [-0.2, 0) is 10.2 Å². The van der Waals surface area contributed by atoms with Crippen molar-refractivity contribution in [3.8, 4) is 0 Å². The van der Waals surface area contributed by atoms with Crippen LogP contribution in [0.3, 0.4) is 0 Å². The van der Waals surface area contributed by atoms with E-state index in [0.717, 1.165) is 31.0 Å². The average Bonchev–Trinajstić information content (AvgIpc) is 3.18. The lowest BCUT2D eigenvalue weighted by Crippen LogP contribution is -2.55. The molecule has 0 unspecified atom stereocenters. The third-order valence-electron chi connectivity index (χ3n) is 7.14. The number of anilines is 1. The predicted molar refractivity (Wildman–Crippen MR) is 97.6 cm³/mol. The van der Waals surface area contributed by atoms with E-state index in [4.69, 9.17) is 4.74 Å². The zero-order valence-electron chi connectivity index (χ0n) is 15.1. The number of piperidine rings is 1. The van der Waals surface area contributed by atoms with Gasteiger partial charge in [-0.25, -0.2) is 9.69 Å². The Hall–Kier alpha value is -1.81. The number of methoxy groups -OCH3 is 1. The maximum Gasteiger partial charge on any atom is 0.418 e. The summed E-state index contributed by atoms with van der Waals surface area (Å²) in [5.41, 5.74) is 3.52. The molecule has 4 aliphatic rings. The molecule has 3 heterocycles. The molecule has 25 heavy (non-hydrogen) atoms. The fourth-order valence-corrected chi connectivity index (χ4v) is 6.22. The summed E-state index contributed by atoms with van der Waals surface area (Å²) in [7, 11) is 1.48. The predicted octanol–water partition coefficient (Wildman–Crippen LogP) is 3.92. The molecule has 4 nitrogen and oxygen atoms in total. The second-order valence-electron chi connectivity index (χ2n) is 8.08. The number of amides is 1. The summed E-state index contributed by atoms with van der Waals surface area (Å²) >= 11 is 0. The summed E-state index contributed by atoms with van der Waals surface area (Å²) in [6.07, 6.45) is 6.88. The number of allylic oxidation sites excluding steroid dienone is 1. The Kier molecular flexibility index (Phi) is 3.30. The molecule has 0 saturated carbocycles. The molecule has 0 radical (unpaired) electrons. The normalized spacial score (nSPS) is 35.7. The third-order valence-corrected chi connectivity index (χ3v) is 7.14. The van der Waals surface area contributed by atoms with E-state index in [1.807, 2.05) is 11.0 Å². The molecule has 1 aliphatic carbocycles. The van der Waals surface area contributed by atoms with E-state index in [2.05, 4.69) is 36.1 Å². The molecule has 2 fully saturated rings. The minimum atomic E-state index is -0.255. The van der Waals surface area contributed by atoms with Crippen molar-refractivity contribution in [2.75, 3.05) is 25.1 Å². The Morgan fingerprint density at radius 3 is 3.00 bits per heavy atom. The number of carbonyl (C=O) groups excluding carboxylic acids is 1. The lowest BCUT2D eigenvalue weighted by molar-refractivity contribution is 0.0600. The van der Waals surface area contributed by atoms with Crippen molar-refractivity contribution in [2.24, 2.45) is 11.8 Å². The van der Waals surface area contributed by atoms with Crippen LogP contribution in [0.5, 0.6) is 0 Å². The van der Waals surface area contributed by atoms with Crippen LogP contribution < -0.4 is 4.90 Å². The van der Waals surface area contributed by atoms with Crippen LogP contribution in [0.25, 0.3) is 0 Å². The maximum atomic E-state index is 12.6. The van der Waals surface area contributed by atoms with Gasteiger partial charge in [0, 0.05) is 18.3 Å². The Bertz CT molecular complexity index is 758. The lowest BCUT2D eigenvalue weighted by Gasteiger charge is -2.49. The van der Waals surface area contributed by atoms with Gasteiger partial charge in [-0.15, -0.1) is 0 Å². The van der Waals surface area contributed by atoms with Crippen LogP contribution in [0.4, 0.5) is 10.5 Å². The molecule has 1 amide bonds. The van der Waals surface area contributed by atoms with Gasteiger partial charge in [-0.2, -0.15) is 0 Å². The number of benzene rings is 1. The number of carbonyl (C=O) groups is 1.